The standard InChI is InChI=1S/C14H17F5N2.ClH/c15-13(16)9-12(21-6-4-20-5-7-21)10-2-1-3-11(8-10)14(17,18)19;/h1-3,8,12-13,20H,4-7,9H2;1H/t12-;/m0./s1. The summed E-state index contributed by atoms with van der Waals surface area (Å²) >= 11 is 0. The van der Waals surface area contributed by atoms with Crippen LogP contribution in [0.4, 0.5) is 22.0 Å². The molecule has 0 aromatic heterocycles. The second-order valence-electron chi connectivity index (χ2n) is 5.05. The molecule has 1 saturated heterocycles. The number of hydrogen-bond donors (Lipinski definition) is 1. The Morgan fingerprint density at radius 2 is 1.77 bits per heavy atom. The third-order valence-electron chi connectivity index (χ3n) is 3.59. The van der Waals surface area contributed by atoms with Crippen molar-refractivity contribution in [1.82, 2.24) is 10.2 Å². The van der Waals surface area contributed by atoms with Gasteiger partial charge in [0.25, 0.3) is 0 Å². The first-order valence-electron chi connectivity index (χ1n) is 6.78. The Hall–Kier alpha value is -0.920. The van der Waals surface area contributed by atoms with Crippen molar-refractivity contribution in [1.29, 1.82) is 0 Å². The van der Waals surface area contributed by atoms with Gasteiger partial charge in [0.15, 0.2) is 0 Å². The van der Waals surface area contributed by atoms with Crippen LogP contribution >= 0.6 is 12.4 Å². The molecule has 1 N–H and O–H groups in total. The van der Waals surface area contributed by atoms with Crippen molar-refractivity contribution in [3.63, 3.8) is 0 Å². The van der Waals surface area contributed by atoms with Crippen LogP contribution in [-0.2, 0) is 6.18 Å². The van der Waals surface area contributed by atoms with E-state index in [4.69, 9.17) is 0 Å². The largest absolute Gasteiger partial charge is 0.416 e. The van der Waals surface area contributed by atoms with Crippen LogP contribution in [-0.4, -0.2) is 37.5 Å². The highest BCUT2D eigenvalue weighted by molar-refractivity contribution is 5.85. The molecule has 1 heterocycles. The van der Waals surface area contributed by atoms with Crippen molar-refractivity contribution in [2.45, 2.75) is 25.1 Å². The first-order chi connectivity index (χ1) is 9.88. The Bertz CT molecular complexity index is 461. The summed E-state index contributed by atoms with van der Waals surface area (Å²) in [5.41, 5.74) is -0.499. The molecule has 0 saturated carbocycles. The highest BCUT2D eigenvalue weighted by Gasteiger charge is 2.32. The first kappa shape index (κ1) is 19.1. The summed E-state index contributed by atoms with van der Waals surface area (Å²) in [6.45, 7) is 2.40. The number of nitrogens with zero attached hydrogens (tertiary/aromatic N) is 1. The first-order valence-corrected chi connectivity index (χ1v) is 6.78. The molecule has 22 heavy (non-hydrogen) atoms. The van der Waals surface area contributed by atoms with Crippen LogP contribution in [0, 0.1) is 0 Å². The molecular formula is C14H18ClF5N2. The smallest absolute Gasteiger partial charge is 0.314 e. The lowest BCUT2D eigenvalue weighted by molar-refractivity contribution is -0.137. The lowest BCUT2D eigenvalue weighted by atomic mass is 9.99. The lowest BCUT2D eigenvalue weighted by Crippen LogP contribution is -2.45. The molecule has 0 bridgehead atoms. The van der Waals surface area contributed by atoms with Gasteiger partial charge in [0.2, 0.25) is 6.43 Å². The maximum absolute atomic E-state index is 12.8. The fourth-order valence-corrected chi connectivity index (χ4v) is 2.58. The van der Waals surface area contributed by atoms with Gasteiger partial charge in [-0.15, -0.1) is 12.4 Å². The Morgan fingerprint density at radius 3 is 2.32 bits per heavy atom. The van der Waals surface area contributed by atoms with Gasteiger partial charge in [0, 0.05) is 38.6 Å². The predicted molar refractivity (Wildman–Crippen MR) is 76.5 cm³/mol. The molecule has 126 valence electrons. The quantitative estimate of drug-likeness (QED) is 0.837. The molecule has 1 fully saturated rings. The molecule has 0 unspecified atom stereocenters. The highest BCUT2D eigenvalue weighted by Crippen LogP contribution is 2.33. The Kier molecular flexibility index (Phi) is 7.02. The molecule has 1 atom stereocenters. The summed E-state index contributed by atoms with van der Waals surface area (Å²) in [4.78, 5) is 1.82. The molecule has 0 radical (unpaired) electrons. The molecule has 1 aliphatic heterocycles. The molecule has 0 aliphatic carbocycles. The van der Waals surface area contributed by atoms with Crippen molar-refractivity contribution in [3.05, 3.63) is 35.4 Å². The molecule has 1 aromatic carbocycles. The van der Waals surface area contributed by atoms with E-state index in [1.807, 2.05) is 4.90 Å². The van der Waals surface area contributed by atoms with Crippen LogP contribution in [0.3, 0.4) is 0 Å². The molecule has 1 aromatic rings. The maximum atomic E-state index is 12.8. The fourth-order valence-electron chi connectivity index (χ4n) is 2.58. The topological polar surface area (TPSA) is 15.3 Å². The summed E-state index contributed by atoms with van der Waals surface area (Å²) in [6.07, 6.45) is -7.48. The van der Waals surface area contributed by atoms with E-state index < -0.39 is 30.6 Å². The van der Waals surface area contributed by atoms with E-state index in [0.29, 0.717) is 31.7 Å². The zero-order valence-corrected chi connectivity index (χ0v) is 12.6. The third kappa shape index (κ3) is 5.07. The van der Waals surface area contributed by atoms with E-state index in [2.05, 4.69) is 5.32 Å². The maximum Gasteiger partial charge on any atom is 0.416 e. The Labute approximate surface area is 132 Å². The highest BCUT2D eigenvalue weighted by atomic mass is 35.5. The normalized spacial score (nSPS) is 18.1. The molecule has 2 nitrogen and oxygen atoms in total. The molecule has 0 spiro atoms. The number of hydrogen-bond acceptors (Lipinski definition) is 2. The lowest BCUT2D eigenvalue weighted by Gasteiger charge is -2.35. The van der Waals surface area contributed by atoms with Gasteiger partial charge in [-0.3, -0.25) is 4.90 Å². The van der Waals surface area contributed by atoms with Crippen molar-refractivity contribution in [2.75, 3.05) is 26.2 Å². The van der Waals surface area contributed by atoms with E-state index in [1.54, 1.807) is 0 Å². The van der Waals surface area contributed by atoms with Gasteiger partial charge in [0.1, 0.15) is 0 Å². The summed E-state index contributed by atoms with van der Waals surface area (Å²) in [5, 5.41) is 3.10. The van der Waals surface area contributed by atoms with Gasteiger partial charge in [-0.1, -0.05) is 12.1 Å². The molecule has 8 heteroatoms. The minimum absolute atomic E-state index is 0. The van der Waals surface area contributed by atoms with E-state index in [1.165, 1.54) is 12.1 Å². The van der Waals surface area contributed by atoms with Crippen LogP contribution in [0.2, 0.25) is 0 Å². The number of benzene rings is 1. The van der Waals surface area contributed by atoms with Crippen LogP contribution in [0.25, 0.3) is 0 Å². The van der Waals surface area contributed by atoms with Crippen LogP contribution < -0.4 is 5.32 Å². The number of halogens is 6. The van der Waals surface area contributed by atoms with Gasteiger partial charge in [-0.25, -0.2) is 8.78 Å². The Morgan fingerprint density at radius 1 is 1.14 bits per heavy atom. The zero-order valence-electron chi connectivity index (χ0n) is 11.7. The van der Waals surface area contributed by atoms with Crippen molar-refractivity contribution < 1.29 is 22.0 Å². The fraction of sp³-hybridized carbons (Fsp3) is 0.571. The second kappa shape index (κ2) is 8.08. The van der Waals surface area contributed by atoms with Crippen LogP contribution in [0.15, 0.2) is 24.3 Å². The SMILES string of the molecule is Cl.FC(F)C[C@@H](c1cccc(C(F)(F)F)c1)N1CCNCC1. The number of piperazine rings is 1. The van der Waals surface area contributed by atoms with Crippen molar-refractivity contribution in [3.8, 4) is 0 Å². The molecular weight excluding hydrogens is 327 g/mol. The number of rotatable bonds is 4. The zero-order chi connectivity index (χ0) is 15.5. The minimum atomic E-state index is -4.46. The van der Waals surface area contributed by atoms with Gasteiger partial charge in [-0.05, 0) is 17.7 Å². The summed E-state index contributed by atoms with van der Waals surface area (Å²) < 4.78 is 63.9. The van der Waals surface area contributed by atoms with Crippen LogP contribution in [0.1, 0.15) is 23.6 Å². The predicted octanol–water partition coefficient (Wildman–Crippen LogP) is 3.73. The van der Waals surface area contributed by atoms with E-state index in [0.717, 1.165) is 12.1 Å². The van der Waals surface area contributed by atoms with Gasteiger partial charge < -0.3 is 5.32 Å². The molecule has 1 aliphatic rings. The average Bonchev–Trinajstić information content (AvgIpc) is 2.45. The van der Waals surface area contributed by atoms with E-state index in [-0.39, 0.29) is 12.4 Å². The van der Waals surface area contributed by atoms with E-state index in [9.17, 15) is 22.0 Å². The van der Waals surface area contributed by atoms with Gasteiger partial charge in [0.05, 0.1) is 5.56 Å². The summed E-state index contributed by atoms with van der Waals surface area (Å²) in [5.74, 6) is 0. The second-order valence-corrected chi connectivity index (χ2v) is 5.05. The third-order valence-corrected chi connectivity index (χ3v) is 3.59. The minimum Gasteiger partial charge on any atom is -0.314 e. The number of alkyl halides is 5. The van der Waals surface area contributed by atoms with Crippen LogP contribution in [0.5, 0.6) is 0 Å². The van der Waals surface area contributed by atoms with Gasteiger partial charge in [-0.2, -0.15) is 13.2 Å². The summed E-state index contributed by atoms with van der Waals surface area (Å²) in [6, 6.07) is 4.02. The van der Waals surface area contributed by atoms with Crippen molar-refractivity contribution in [2.24, 2.45) is 0 Å². The summed E-state index contributed by atoms with van der Waals surface area (Å²) in [7, 11) is 0. The van der Waals surface area contributed by atoms with Gasteiger partial charge >= 0.3 is 6.18 Å². The van der Waals surface area contributed by atoms with Crippen molar-refractivity contribution >= 4 is 12.4 Å². The number of nitrogens with one attached hydrogen (secondary N) is 1. The van der Waals surface area contributed by atoms with E-state index >= 15 is 0 Å². The monoisotopic (exact) mass is 344 g/mol. The molecule has 0 amide bonds. The Balaban J connectivity index is 0.00000242. The molecule has 2 rings (SSSR count). The average molecular weight is 345 g/mol.